The molecule has 0 spiro atoms. The van der Waals surface area contributed by atoms with Crippen LogP contribution in [0.25, 0.3) is 0 Å². The standard InChI is InChI=1S/C31H40N4O8S/c1-31(2,3)43-30(40)32-21-15-22-19-41-24-13-14-44-27(24)28(38)34(5)23(29(39)42-18-20-9-7-6-8-10-20)11-12-25(36)33(4)17-26(37)35(22)16-21/h6-10,13-14,21-23H,11-12,15-19H2,1-5H3,(H,32,40)/t21-,22+,23+/m1/s1. The smallest absolute Gasteiger partial charge is 0.407 e. The molecule has 1 aromatic carbocycles. The van der Waals surface area contributed by atoms with E-state index in [9.17, 15) is 24.0 Å². The number of carbonyl (C=O) groups is 5. The van der Waals surface area contributed by atoms with Gasteiger partial charge in [0.1, 0.15) is 35.5 Å². The van der Waals surface area contributed by atoms with Gasteiger partial charge in [-0.05, 0) is 50.6 Å². The number of alkyl carbamates (subject to hydrolysis) is 1. The lowest BCUT2D eigenvalue weighted by Crippen LogP contribution is -2.46. The summed E-state index contributed by atoms with van der Waals surface area (Å²) >= 11 is 1.17. The quantitative estimate of drug-likeness (QED) is 0.511. The molecule has 1 fully saturated rings. The number of hydrogen-bond donors (Lipinski definition) is 1. The fraction of sp³-hybridized carbons (Fsp3) is 0.516. The van der Waals surface area contributed by atoms with Crippen molar-refractivity contribution in [2.45, 2.75) is 70.4 Å². The van der Waals surface area contributed by atoms with Gasteiger partial charge in [0.25, 0.3) is 5.91 Å². The summed E-state index contributed by atoms with van der Waals surface area (Å²) in [6.45, 7) is 5.39. The lowest BCUT2D eigenvalue weighted by Gasteiger charge is -2.27. The number of esters is 1. The first-order chi connectivity index (χ1) is 20.8. The molecule has 1 aromatic heterocycles. The molecule has 0 unspecified atom stereocenters. The molecule has 4 rings (SSSR count). The molecule has 1 saturated heterocycles. The number of rotatable bonds is 4. The Morgan fingerprint density at radius 3 is 2.50 bits per heavy atom. The fourth-order valence-electron chi connectivity index (χ4n) is 5.14. The minimum absolute atomic E-state index is 0.00299. The van der Waals surface area contributed by atoms with Gasteiger partial charge >= 0.3 is 12.1 Å². The number of amides is 4. The average Bonchev–Trinajstić information content (AvgIpc) is 3.60. The van der Waals surface area contributed by atoms with Crippen LogP contribution in [0.3, 0.4) is 0 Å². The second kappa shape index (κ2) is 14.1. The van der Waals surface area contributed by atoms with E-state index in [2.05, 4.69) is 5.32 Å². The van der Waals surface area contributed by atoms with Crippen molar-refractivity contribution in [2.75, 3.05) is 33.8 Å². The zero-order valence-corrected chi connectivity index (χ0v) is 26.6. The lowest BCUT2D eigenvalue weighted by molar-refractivity contribution is -0.150. The Balaban J connectivity index is 1.54. The lowest BCUT2D eigenvalue weighted by atomic mass is 10.1. The van der Waals surface area contributed by atoms with Crippen molar-refractivity contribution in [3.05, 3.63) is 52.2 Å². The Labute approximate surface area is 261 Å². The van der Waals surface area contributed by atoms with E-state index in [1.54, 1.807) is 37.1 Å². The van der Waals surface area contributed by atoms with Crippen molar-refractivity contribution in [1.82, 2.24) is 20.0 Å². The Hall–Kier alpha value is -4.13. The number of likely N-dealkylation sites (N-methyl/N-ethyl adjacent to an activating group) is 2. The molecular formula is C31H40N4O8S. The Kier molecular flexibility index (Phi) is 10.5. The predicted molar refractivity (Wildman–Crippen MR) is 162 cm³/mol. The number of fused-ring (bicyclic) bond motifs is 2. The SMILES string of the molecule is CN1CC(=O)N2C[C@H](NC(=O)OC(C)(C)C)C[C@H]2COc2ccsc2C(=O)N(C)[C@H](C(=O)OCc2ccccc2)CCC1=O. The maximum absolute atomic E-state index is 13.7. The molecule has 12 nitrogen and oxygen atoms in total. The molecule has 238 valence electrons. The molecule has 2 aliphatic rings. The maximum atomic E-state index is 13.7. The minimum Gasteiger partial charge on any atom is -0.490 e. The van der Waals surface area contributed by atoms with Crippen LogP contribution in [0.2, 0.25) is 0 Å². The topological polar surface area (TPSA) is 135 Å². The monoisotopic (exact) mass is 628 g/mol. The van der Waals surface area contributed by atoms with E-state index in [1.807, 2.05) is 30.3 Å². The van der Waals surface area contributed by atoms with E-state index in [0.29, 0.717) is 12.2 Å². The highest BCUT2D eigenvalue weighted by molar-refractivity contribution is 7.12. The van der Waals surface area contributed by atoms with Gasteiger partial charge in [-0.1, -0.05) is 30.3 Å². The van der Waals surface area contributed by atoms with Crippen LogP contribution >= 0.6 is 11.3 Å². The Morgan fingerprint density at radius 2 is 1.80 bits per heavy atom. The zero-order chi connectivity index (χ0) is 32.0. The van der Waals surface area contributed by atoms with E-state index in [4.69, 9.17) is 14.2 Å². The molecule has 44 heavy (non-hydrogen) atoms. The first-order valence-electron chi connectivity index (χ1n) is 14.5. The van der Waals surface area contributed by atoms with Crippen molar-refractivity contribution in [3.63, 3.8) is 0 Å². The van der Waals surface area contributed by atoms with E-state index >= 15 is 0 Å². The molecule has 2 aliphatic heterocycles. The van der Waals surface area contributed by atoms with E-state index < -0.39 is 35.7 Å². The molecule has 0 aliphatic carbocycles. The van der Waals surface area contributed by atoms with Crippen LogP contribution in [-0.2, 0) is 30.5 Å². The summed E-state index contributed by atoms with van der Waals surface area (Å²) in [6.07, 6.45) is -0.280. The molecule has 4 amide bonds. The highest BCUT2D eigenvalue weighted by Crippen LogP contribution is 2.29. The summed E-state index contributed by atoms with van der Waals surface area (Å²) in [7, 11) is 3.02. The van der Waals surface area contributed by atoms with Gasteiger partial charge < -0.3 is 34.2 Å². The van der Waals surface area contributed by atoms with Crippen LogP contribution in [0, 0.1) is 0 Å². The van der Waals surface area contributed by atoms with Gasteiger partial charge in [-0.2, -0.15) is 0 Å². The molecule has 0 saturated carbocycles. The second-order valence-corrected chi connectivity index (χ2v) is 12.9. The van der Waals surface area contributed by atoms with Crippen LogP contribution in [0.5, 0.6) is 5.75 Å². The molecule has 13 heteroatoms. The zero-order valence-electron chi connectivity index (χ0n) is 25.7. The normalized spacial score (nSPS) is 21.9. The second-order valence-electron chi connectivity index (χ2n) is 12.0. The number of hydrogen-bond acceptors (Lipinski definition) is 9. The van der Waals surface area contributed by atoms with Crippen LogP contribution in [0.4, 0.5) is 4.79 Å². The summed E-state index contributed by atoms with van der Waals surface area (Å²) in [6, 6.07) is 8.98. The number of nitrogens with zero attached hydrogens (tertiary/aromatic N) is 3. The van der Waals surface area contributed by atoms with Crippen LogP contribution in [0.1, 0.15) is 55.3 Å². The van der Waals surface area contributed by atoms with Crippen molar-refractivity contribution in [1.29, 1.82) is 0 Å². The highest BCUT2D eigenvalue weighted by atomic mass is 32.1. The van der Waals surface area contributed by atoms with E-state index in [0.717, 1.165) is 5.56 Å². The summed E-state index contributed by atoms with van der Waals surface area (Å²) in [5, 5.41) is 4.54. The van der Waals surface area contributed by atoms with Crippen molar-refractivity contribution in [2.24, 2.45) is 0 Å². The number of nitrogens with one attached hydrogen (secondary N) is 1. The van der Waals surface area contributed by atoms with E-state index in [1.165, 1.54) is 35.2 Å². The van der Waals surface area contributed by atoms with Crippen molar-refractivity contribution >= 4 is 41.1 Å². The molecule has 2 aromatic rings. The molecule has 0 radical (unpaired) electrons. The average molecular weight is 629 g/mol. The van der Waals surface area contributed by atoms with Crippen LogP contribution in [0.15, 0.2) is 41.8 Å². The molecule has 3 atom stereocenters. The third kappa shape index (κ3) is 8.49. The van der Waals surface area contributed by atoms with Gasteiger partial charge in [0.05, 0.1) is 18.6 Å². The van der Waals surface area contributed by atoms with Crippen molar-refractivity contribution in [3.8, 4) is 5.75 Å². The number of carbonyl (C=O) groups excluding carboxylic acids is 5. The molecule has 3 heterocycles. The number of benzene rings is 1. The van der Waals surface area contributed by atoms with Crippen LogP contribution < -0.4 is 10.1 Å². The Bertz CT molecular complexity index is 1360. The van der Waals surface area contributed by atoms with Gasteiger partial charge in [0.15, 0.2) is 0 Å². The van der Waals surface area contributed by atoms with Gasteiger partial charge in [-0.15, -0.1) is 11.3 Å². The third-order valence-corrected chi connectivity index (χ3v) is 8.31. The highest BCUT2D eigenvalue weighted by Gasteiger charge is 2.39. The third-order valence-electron chi connectivity index (χ3n) is 7.42. The largest absolute Gasteiger partial charge is 0.490 e. The molecular weight excluding hydrogens is 588 g/mol. The van der Waals surface area contributed by atoms with Crippen LogP contribution in [-0.4, -0.2) is 102 Å². The van der Waals surface area contributed by atoms with Gasteiger partial charge in [0, 0.05) is 27.1 Å². The first-order valence-corrected chi connectivity index (χ1v) is 15.4. The summed E-state index contributed by atoms with van der Waals surface area (Å²) in [5.74, 6) is -1.43. The van der Waals surface area contributed by atoms with Gasteiger partial charge in [-0.3, -0.25) is 14.4 Å². The predicted octanol–water partition coefficient (Wildman–Crippen LogP) is 3.06. The minimum atomic E-state index is -1.04. The summed E-state index contributed by atoms with van der Waals surface area (Å²) in [4.78, 5) is 70.4. The number of ether oxygens (including phenoxy) is 3. The summed E-state index contributed by atoms with van der Waals surface area (Å²) < 4.78 is 17.0. The Morgan fingerprint density at radius 1 is 1.07 bits per heavy atom. The van der Waals surface area contributed by atoms with Gasteiger partial charge in [0.2, 0.25) is 11.8 Å². The van der Waals surface area contributed by atoms with Crippen molar-refractivity contribution < 1.29 is 38.2 Å². The molecule has 1 N–H and O–H groups in total. The number of thiophene rings is 1. The maximum Gasteiger partial charge on any atom is 0.407 e. The molecule has 0 bridgehead atoms. The fourth-order valence-corrected chi connectivity index (χ4v) is 5.96. The van der Waals surface area contributed by atoms with E-state index in [-0.39, 0.29) is 61.9 Å². The van der Waals surface area contributed by atoms with Gasteiger partial charge in [-0.25, -0.2) is 9.59 Å². The summed E-state index contributed by atoms with van der Waals surface area (Å²) in [5.41, 5.74) is 0.112. The first kappa shape index (κ1) is 32.8.